The summed E-state index contributed by atoms with van der Waals surface area (Å²) >= 11 is 0. The van der Waals surface area contributed by atoms with Crippen molar-refractivity contribution in [1.82, 2.24) is 14.8 Å². The fourth-order valence-electron chi connectivity index (χ4n) is 1.19. The SMILES string of the molecule is Bc1bccnc1-n1cc(N=O)cn1. The first kappa shape index (κ1) is 8.80. The molecule has 0 aromatic carbocycles. The van der Waals surface area contributed by atoms with Crippen LogP contribution in [0, 0.1) is 4.91 Å². The summed E-state index contributed by atoms with van der Waals surface area (Å²) in [6.45, 7) is 1.93. The van der Waals surface area contributed by atoms with Crippen molar-refractivity contribution in [3.63, 3.8) is 0 Å². The summed E-state index contributed by atoms with van der Waals surface area (Å²) < 4.78 is 1.53. The molecule has 0 atom stereocenters. The molecule has 0 aliphatic heterocycles. The molecule has 0 fully saturated rings. The molecule has 0 bridgehead atoms. The van der Waals surface area contributed by atoms with Gasteiger partial charge in [0.2, 0.25) is 0 Å². The standard InChI is InChI=1S/C7H6B2N4O/c8-6-7(10-2-1-9-6)13-4-5(12-14)3-11-13/h1-4H,8H2. The monoisotopic (exact) mass is 184 g/mol. The van der Waals surface area contributed by atoms with Gasteiger partial charge in [-0.1, -0.05) is 0 Å². The van der Waals surface area contributed by atoms with E-state index in [0.717, 1.165) is 5.36 Å². The molecule has 7 heteroatoms. The van der Waals surface area contributed by atoms with Crippen LogP contribution in [-0.2, 0) is 0 Å². The summed E-state index contributed by atoms with van der Waals surface area (Å²) in [4.78, 5) is 14.4. The number of hydrogen-bond acceptors (Lipinski definition) is 4. The number of nitroso groups, excluding NO2 is 1. The van der Waals surface area contributed by atoms with E-state index in [-0.39, 0.29) is 0 Å². The third-order valence-corrected chi connectivity index (χ3v) is 1.87. The molecule has 5 nitrogen and oxygen atoms in total. The Bertz CT molecular complexity index is 470. The van der Waals surface area contributed by atoms with E-state index in [1.807, 2.05) is 20.7 Å². The number of nitrogens with zero attached hydrogens (tertiary/aromatic N) is 4. The van der Waals surface area contributed by atoms with Crippen LogP contribution in [0.2, 0.25) is 0 Å². The number of rotatable bonds is 2. The Labute approximate surface area is 81.8 Å². The first-order valence-electron chi connectivity index (χ1n) is 4.11. The summed E-state index contributed by atoms with van der Waals surface area (Å²) in [5.74, 6) is 2.56. The molecule has 14 heavy (non-hydrogen) atoms. The summed E-state index contributed by atoms with van der Waals surface area (Å²) in [7, 11) is 1.93. The zero-order chi connectivity index (χ0) is 9.97. The van der Waals surface area contributed by atoms with Crippen molar-refractivity contribution in [3.8, 4) is 5.82 Å². The third kappa shape index (κ3) is 1.48. The van der Waals surface area contributed by atoms with E-state index in [9.17, 15) is 4.91 Å². The molecule has 0 spiro atoms. The van der Waals surface area contributed by atoms with Crippen molar-refractivity contribution >= 4 is 25.8 Å². The van der Waals surface area contributed by atoms with Crippen LogP contribution in [0.1, 0.15) is 0 Å². The first-order chi connectivity index (χ1) is 6.81. The first-order valence-corrected chi connectivity index (χ1v) is 4.11. The average molecular weight is 184 g/mol. The Morgan fingerprint density at radius 2 is 2.43 bits per heavy atom. The van der Waals surface area contributed by atoms with Gasteiger partial charge >= 0.3 is 81.0 Å². The van der Waals surface area contributed by atoms with Crippen molar-refractivity contribution in [3.05, 3.63) is 29.5 Å². The molecular weight excluding hydrogens is 178 g/mol. The fraction of sp³-hybridized carbons (Fsp3) is 0. The van der Waals surface area contributed by atoms with E-state index in [0.29, 0.717) is 11.5 Å². The van der Waals surface area contributed by atoms with Gasteiger partial charge in [-0.15, -0.1) is 0 Å². The van der Waals surface area contributed by atoms with Crippen LogP contribution in [0.15, 0.2) is 29.7 Å². The van der Waals surface area contributed by atoms with Crippen LogP contribution >= 0.6 is 0 Å². The van der Waals surface area contributed by atoms with Crippen molar-refractivity contribution < 1.29 is 0 Å². The summed E-state index contributed by atoms with van der Waals surface area (Å²) in [5, 5.41) is 7.76. The van der Waals surface area contributed by atoms with E-state index >= 15 is 0 Å². The molecule has 2 heterocycles. The van der Waals surface area contributed by atoms with Gasteiger partial charge in [-0.3, -0.25) is 0 Å². The van der Waals surface area contributed by atoms with Crippen molar-refractivity contribution in [2.24, 2.45) is 5.18 Å². The Balaban J connectivity index is 2.49. The van der Waals surface area contributed by atoms with Crippen molar-refractivity contribution in [2.45, 2.75) is 0 Å². The zero-order valence-electron chi connectivity index (χ0n) is 7.58. The van der Waals surface area contributed by atoms with Gasteiger partial charge in [-0.25, -0.2) is 0 Å². The van der Waals surface area contributed by atoms with Gasteiger partial charge in [-0.2, -0.15) is 0 Å². The second kappa shape index (κ2) is 3.53. The van der Waals surface area contributed by atoms with E-state index in [2.05, 4.69) is 15.3 Å². The maximum absolute atomic E-state index is 10.2. The quantitative estimate of drug-likeness (QED) is 0.456. The molecular formula is C7H6B2N4O. The van der Waals surface area contributed by atoms with Crippen LogP contribution in [0.25, 0.3) is 5.82 Å². The second-order valence-corrected chi connectivity index (χ2v) is 2.88. The molecule has 0 N–H and O–H groups in total. The van der Waals surface area contributed by atoms with E-state index < -0.39 is 0 Å². The molecule has 0 radical (unpaired) electrons. The van der Waals surface area contributed by atoms with E-state index in [1.54, 1.807) is 12.4 Å². The molecule has 0 saturated carbocycles. The van der Waals surface area contributed by atoms with Crippen LogP contribution in [-0.4, -0.2) is 29.5 Å². The fourth-order valence-corrected chi connectivity index (χ4v) is 1.19. The molecule has 2 aromatic rings. The third-order valence-electron chi connectivity index (χ3n) is 1.87. The van der Waals surface area contributed by atoms with Gasteiger partial charge in [-0.05, 0) is 0 Å². The van der Waals surface area contributed by atoms with Gasteiger partial charge in [0.25, 0.3) is 0 Å². The summed E-state index contributed by atoms with van der Waals surface area (Å²) in [6.07, 6.45) is 4.63. The number of hydrogen-bond donors (Lipinski definition) is 0. The molecule has 0 aliphatic rings. The average Bonchev–Trinajstić information content (AvgIpc) is 2.67. The summed E-state index contributed by atoms with van der Waals surface area (Å²) in [5.41, 5.74) is 0.301. The van der Waals surface area contributed by atoms with E-state index in [4.69, 9.17) is 0 Å². The van der Waals surface area contributed by atoms with Crippen molar-refractivity contribution in [1.29, 1.82) is 0 Å². The Kier molecular flexibility index (Phi) is 2.22. The Hall–Kier alpha value is -1.78. The minimum absolute atomic E-state index is 0.301. The van der Waals surface area contributed by atoms with Crippen LogP contribution in [0.4, 0.5) is 5.69 Å². The summed E-state index contributed by atoms with van der Waals surface area (Å²) in [6, 6.07) is 0. The van der Waals surface area contributed by atoms with Gasteiger partial charge < -0.3 is 0 Å². The maximum atomic E-state index is 10.2. The molecule has 2 aromatic heterocycles. The molecule has 2 rings (SSSR count). The molecule has 0 unspecified atom stereocenters. The van der Waals surface area contributed by atoms with Gasteiger partial charge in [0.05, 0.1) is 0 Å². The van der Waals surface area contributed by atoms with Crippen LogP contribution in [0.3, 0.4) is 0 Å². The Morgan fingerprint density at radius 1 is 1.57 bits per heavy atom. The second-order valence-electron chi connectivity index (χ2n) is 2.88. The molecule has 0 aliphatic carbocycles. The van der Waals surface area contributed by atoms with Crippen LogP contribution < -0.4 is 5.36 Å². The van der Waals surface area contributed by atoms with E-state index in [1.165, 1.54) is 10.9 Å². The van der Waals surface area contributed by atoms with Gasteiger partial charge in [0.15, 0.2) is 0 Å². The molecule has 66 valence electrons. The predicted molar refractivity (Wildman–Crippen MR) is 56.3 cm³/mol. The van der Waals surface area contributed by atoms with Crippen molar-refractivity contribution in [2.75, 3.05) is 0 Å². The molecule has 0 amide bonds. The minimum atomic E-state index is 0.301. The van der Waals surface area contributed by atoms with Crippen LogP contribution in [0.5, 0.6) is 0 Å². The normalized spacial score (nSPS) is 9.71. The topological polar surface area (TPSA) is 60.1 Å². The van der Waals surface area contributed by atoms with Gasteiger partial charge in [0.1, 0.15) is 0 Å². The predicted octanol–water partition coefficient (Wildman–Crippen LogP) is -0.738. The molecule has 0 saturated heterocycles. The van der Waals surface area contributed by atoms with Gasteiger partial charge in [0, 0.05) is 0 Å². The Morgan fingerprint density at radius 3 is 3.07 bits per heavy atom. The zero-order valence-corrected chi connectivity index (χ0v) is 7.58. The number of aromatic nitrogens is 3.